The van der Waals surface area contributed by atoms with E-state index in [0.717, 1.165) is 11.5 Å². The van der Waals surface area contributed by atoms with Gasteiger partial charge in [-0.3, -0.25) is 4.98 Å². The van der Waals surface area contributed by atoms with Crippen LogP contribution in [0.15, 0.2) is 42.7 Å². The molecule has 0 radical (unpaired) electrons. The lowest BCUT2D eigenvalue weighted by Crippen LogP contribution is -1.88. The van der Waals surface area contributed by atoms with E-state index in [2.05, 4.69) is 4.98 Å². The second-order valence-corrected chi connectivity index (χ2v) is 3.62. The maximum atomic E-state index is 13.7. The quantitative estimate of drug-likeness (QED) is 0.521. The minimum Gasteiger partial charge on any atom is -0.264 e. The number of fused-ring (bicyclic) bond motifs is 3. The summed E-state index contributed by atoms with van der Waals surface area (Å²) in [5.74, 6) is -1.64. The lowest BCUT2D eigenvalue weighted by atomic mass is 10.0. The monoisotopic (exact) mass is 215 g/mol. The number of hydrogen-bond donors (Lipinski definition) is 0. The first kappa shape index (κ1) is 9.21. The van der Waals surface area contributed by atoms with Crippen molar-refractivity contribution in [2.75, 3.05) is 0 Å². The number of halogens is 2. The Kier molecular flexibility index (Phi) is 1.86. The van der Waals surface area contributed by atoms with Gasteiger partial charge in [0.05, 0.1) is 0 Å². The molecule has 0 amide bonds. The molecule has 0 aliphatic rings. The average molecular weight is 215 g/mol. The van der Waals surface area contributed by atoms with Gasteiger partial charge < -0.3 is 0 Å². The number of aromatic nitrogens is 1. The summed E-state index contributed by atoms with van der Waals surface area (Å²) >= 11 is 0. The minimum atomic E-state index is -0.830. The van der Waals surface area contributed by atoms with Crippen molar-refractivity contribution in [2.45, 2.75) is 0 Å². The summed E-state index contributed by atoms with van der Waals surface area (Å²) in [5, 5.41) is 2.47. The second-order valence-electron chi connectivity index (χ2n) is 3.62. The van der Waals surface area contributed by atoms with Crippen molar-refractivity contribution in [3.05, 3.63) is 54.4 Å². The van der Waals surface area contributed by atoms with Crippen LogP contribution in [0.2, 0.25) is 0 Å². The summed E-state index contributed by atoms with van der Waals surface area (Å²) < 4.78 is 26.9. The lowest BCUT2D eigenvalue weighted by Gasteiger charge is -2.04. The Hall–Kier alpha value is -2.03. The van der Waals surface area contributed by atoms with Gasteiger partial charge in [0, 0.05) is 23.2 Å². The highest BCUT2D eigenvalue weighted by atomic mass is 19.2. The largest absolute Gasteiger partial charge is 0.264 e. The molecule has 0 fully saturated rings. The molecule has 0 aliphatic heterocycles. The molecule has 3 heteroatoms. The molecule has 3 aromatic rings. The molecule has 1 nitrogen and oxygen atoms in total. The van der Waals surface area contributed by atoms with Crippen LogP contribution in [0.25, 0.3) is 21.5 Å². The molecular formula is C13H7F2N. The van der Waals surface area contributed by atoms with E-state index in [9.17, 15) is 8.78 Å². The molecule has 0 saturated heterocycles. The Morgan fingerprint density at radius 3 is 2.50 bits per heavy atom. The van der Waals surface area contributed by atoms with Crippen LogP contribution in [0, 0.1) is 11.6 Å². The summed E-state index contributed by atoms with van der Waals surface area (Å²) in [6, 6.07) is 8.13. The summed E-state index contributed by atoms with van der Waals surface area (Å²) in [6.45, 7) is 0. The number of rotatable bonds is 0. The second kappa shape index (κ2) is 3.23. The first-order valence-corrected chi connectivity index (χ1v) is 4.88. The average Bonchev–Trinajstić information content (AvgIpc) is 2.33. The van der Waals surface area contributed by atoms with Crippen LogP contribution < -0.4 is 0 Å². The highest BCUT2D eigenvalue weighted by Crippen LogP contribution is 2.28. The van der Waals surface area contributed by atoms with Gasteiger partial charge in [-0.25, -0.2) is 8.78 Å². The van der Waals surface area contributed by atoms with Crippen LogP contribution in [0.1, 0.15) is 0 Å². The van der Waals surface area contributed by atoms with E-state index in [1.807, 2.05) is 6.07 Å². The predicted octanol–water partition coefficient (Wildman–Crippen LogP) is 3.67. The molecule has 1 heterocycles. The van der Waals surface area contributed by atoms with E-state index in [4.69, 9.17) is 0 Å². The van der Waals surface area contributed by atoms with Gasteiger partial charge in [-0.05, 0) is 22.9 Å². The van der Waals surface area contributed by atoms with Crippen molar-refractivity contribution in [3.63, 3.8) is 0 Å². The number of benzene rings is 2. The Morgan fingerprint density at radius 2 is 1.62 bits per heavy atom. The fourth-order valence-electron chi connectivity index (χ4n) is 1.92. The third-order valence-corrected chi connectivity index (χ3v) is 2.69. The van der Waals surface area contributed by atoms with Gasteiger partial charge in [0.1, 0.15) is 0 Å². The molecule has 0 bridgehead atoms. The maximum absolute atomic E-state index is 13.7. The smallest absolute Gasteiger partial charge is 0.167 e. The lowest BCUT2D eigenvalue weighted by molar-refractivity contribution is 0.517. The third kappa shape index (κ3) is 1.18. The molecule has 78 valence electrons. The highest BCUT2D eigenvalue weighted by Gasteiger charge is 2.09. The molecule has 3 rings (SSSR count). The van der Waals surface area contributed by atoms with Gasteiger partial charge in [0.2, 0.25) is 0 Å². The fraction of sp³-hybridized carbons (Fsp3) is 0. The number of hydrogen-bond acceptors (Lipinski definition) is 1. The third-order valence-electron chi connectivity index (χ3n) is 2.69. The molecular weight excluding hydrogens is 208 g/mol. The SMILES string of the molecule is Fc1ccc2ccc3ccncc3c2c1F. The Balaban J connectivity index is 2.63. The van der Waals surface area contributed by atoms with E-state index < -0.39 is 11.6 Å². The molecule has 0 saturated carbocycles. The van der Waals surface area contributed by atoms with E-state index in [0.29, 0.717) is 16.2 Å². The number of nitrogens with zero attached hydrogens (tertiary/aromatic N) is 1. The zero-order valence-corrected chi connectivity index (χ0v) is 8.24. The zero-order chi connectivity index (χ0) is 11.1. The Labute approximate surface area is 90.3 Å². The van der Waals surface area contributed by atoms with Gasteiger partial charge in [-0.2, -0.15) is 0 Å². The summed E-state index contributed by atoms with van der Waals surface area (Å²) in [7, 11) is 0. The van der Waals surface area contributed by atoms with Crippen LogP contribution in [0.3, 0.4) is 0 Å². The van der Waals surface area contributed by atoms with E-state index in [1.165, 1.54) is 0 Å². The van der Waals surface area contributed by atoms with Crippen molar-refractivity contribution in [2.24, 2.45) is 0 Å². The van der Waals surface area contributed by atoms with Crippen LogP contribution >= 0.6 is 0 Å². The molecule has 0 atom stereocenters. The van der Waals surface area contributed by atoms with Crippen molar-refractivity contribution >= 4 is 21.5 Å². The van der Waals surface area contributed by atoms with Crippen molar-refractivity contribution in [1.82, 2.24) is 4.98 Å². The highest BCUT2D eigenvalue weighted by molar-refractivity contribution is 6.07. The van der Waals surface area contributed by atoms with E-state index in [1.54, 1.807) is 30.6 Å². The normalized spacial score (nSPS) is 11.1. The first-order chi connectivity index (χ1) is 7.77. The van der Waals surface area contributed by atoms with Crippen LogP contribution in [0.4, 0.5) is 8.78 Å². The molecule has 1 aromatic heterocycles. The summed E-state index contributed by atoms with van der Waals surface area (Å²) in [5.41, 5.74) is 0. The first-order valence-electron chi connectivity index (χ1n) is 4.88. The summed E-state index contributed by atoms with van der Waals surface area (Å²) in [6.07, 6.45) is 3.19. The van der Waals surface area contributed by atoms with Crippen molar-refractivity contribution < 1.29 is 8.78 Å². The topological polar surface area (TPSA) is 12.9 Å². The Bertz CT molecular complexity index is 692. The Morgan fingerprint density at radius 1 is 0.875 bits per heavy atom. The molecule has 16 heavy (non-hydrogen) atoms. The van der Waals surface area contributed by atoms with Crippen molar-refractivity contribution in [3.8, 4) is 0 Å². The molecule has 0 aliphatic carbocycles. The molecule has 0 unspecified atom stereocenters. The minimum absolute atomic E-state index is 0.297. The van der Waals surface area contributed by atoms with Gasteiger partial charge in [-0.1, -0.05) is 18.2 Å². The van der Waals surface area contributed by atoms with Gasteiger partial charge >= 0.3 is 0 Å². The van der Waals surface area contributed by atoms with E-state index in [-0.39, 0.29) is 0 Å². The molecule has 2 aromatic carbocycles. The predicted molar refractivity (Wildman–Crippen MR) is 59.2 cm³/mol. The fourth-order valence-corrected chi connectivity index (χ4v) is 1.92. The maximum Gasteiger partial charge on any atom is 0.167 e. The van der Waals surface area contributed by atoms with Gasteiger partial charge in [-0.15, -0.1) is 0 Å². The van der Waals surface area contributed by atoms with E-state index >= 15 is 0 Å². The van der Waals surface area contributed by atoms with Gasteiger partial charge in [0.15, 0.2) is 11.6 Å². The van der Waals surface area contributed by atoms with Crippen LogP contribution in [-0.2, 0) is 0 Å². The van der Waals surface area contributed by atoms with Crippen LogP contribution in [0.5, 0.6) is 0 Å². The zero-order valence-electron chi connectivity index (χ0n) is 8.24. The number of pyridine rings is 1. The van der Waals surface area contributed by atoms with Crippen molar-refractivity contribution in [1.29, 1.82) is 0 Å². The standard InChI is InChI=1S/C13H7F2N/c14-11-4-3-9-2-1-8-5-6-16-7-10(8)12(9)13(11)15/h1-7H. The van der Waals surface area contributed by atoms with Gasteiger partial charge in [0.25, 0.3) is 0 Å². The molecule has 0 N–H and O–H groups in total. The summed E-state index contributed by atoms with van der Waals surface area (Å²) in [4.78, 5) is 3.94. The van der Waals surface area contributed by atoms with Crippen LogP contribution in [-0.4, -0.2) is 4.98 Å². The molecule has 0 spiro atoms.